The maximum atomic E-state index is 13.1. The van der Waals surface area contributed by atoms with E-state index in [9.17, 15) is 27.9 Å². The van der Waals surface area contributed by atoms with Crippen molar-refractivity contribution in [1.29, 1.82) is 0 Å². The molecule has 0 spiro atoms. The highest BCUT2D eigenvalue weighted by molar-refractivity contribution is 6.37. The van der Waals surface area contributed by atoms with Gasteiger partial charge < -0.3 is 14.9 Å². The standard InChI is InChI=1S/C12H8ClF3O5/c1-3-7(12(14,15)16)5-4(2-21-3)9(17)6(11(19)20)10(18)8(5)13/h2-3,7,18H,1H3,(H,19,20). The molecule has 5 nitrogen and oxygen atoms in total. The van der Waals surface area contributed by atoms with Gasteiger partial charge in [0.1, 0.15) is 12.0 Å². The first-order valence-corrected chi connectivity index (χ1v) is 5.99. The van der Waals surface area contributed by atoms with E-state index in [1.807, 2.05) is 0 Å². The predicted octanol–water partition coefficient (Wildman–Crippen LogP) is 2.44. The first kappa shape index (κ1) is 15.4. The van der Waals surface area contributed by atoms with E-state index < -0.39 is 57.5 Å². The number of ketones is 1. The van der Waals surface area contributed by atoms with Gasteiger partial charge in [0.25, 0.3) is 0 Å². The van der Waals surface area contributed by atoms with Crippen LogP contribution in [-0.2, 0) is 14.3 Å². The molecule has 0 saturated carbocycles. The zero-order valence-corrected chi connectivity index (χ0v) is 11.1. The Kier molecular flexibility index (Phi) is 3.53. The molecule has 2 rings (SSSR count). The van der Waals surface area contributed by atoms with Crippen LogP contribution < -0.4 is 0 Å². The van der Waals surface area contributed by atoms with Crippen LogP contribution in [0.15, 0.2) is 33.8 Å². The van der Waals surface area contributed by atoms with Crippen LogP contribution in [0.25, 0.3) is 0 Å². The number of ether oxygens (including phenoxy) is 1. The Morgan fingerprint density at radius 3 is 2.48 bits per heavy atom. The van der Waals surface area contributed by atoms with Gasteiger partial charge in [0, 0.05) is 5.57 Å². The van der Waals surface area contributed by atoms with Crippen molar-refractivity contribution in [1.82, 2.24) is 0 Å². The van der Waals surface area contributed by atoms with Crippen LogP contribution in [0.2, 0.25) is 0 Å². The van der Waals surface area contributed by atoms with Crippen LogP contribution in [0.1, 0.15) is 6.92 Å². The number of carboxylic acids is 1. The minimum Gasteiger partial charge on any atom is -0.505 e. The summed E-state index contributed by atoms with van der Waals surface area (Å²) < 4.78 is 44.1. The number of halogens is 4. The number of carbonyl (C=O) groups excluding carboxylic acids is 1. The second-order valence-electron chi connectivity index (χ2n) is 4.48. The van der Waals surface area contributed by atoms with E-state index in [0.29, 0.717) is 0 Å². The number of aliphatic hydroxyl groups is 1. The molecule has 1 heterocycles. The summed E-state index contributed by atoms with van der Waals surface area (Å²) in [7, 11) is 0. The highest BCUT2D eigenvalue weighted by Gasteiger charge is 2.53. The zero-order chi connectivity index (χ0) is 16.1. The molecule has 2 atom stereocenters. The highest BCUT2D eigenvalue weighted by Crippen LogP contribution is 2.47. The van der Waals surface area contributed by atoms with Crippen molar-refractivity contribution >= 4 is 23.4 Å². The molecule has 2 aliphatic rings. The molecule has 0 fully saturated rings. The SMILES string of the molecule is CC1OC=C2C(=O)C(C(=O)O)=C(O)C(Cl)=C2C1C(F)(F)F. The number of rotatable bonds is 1. The number of aliphatic hydroxyl groups excluding tert-OH is 1. The second-order valence-corrected chi connectivity index (χ2v) is 4.86. The molecule has 0 radical (unpaired) electrons. The van der Waals surface area contributed by atoms with Crippen molar-refractivity contribution in [3.8, 4) is 0 Å². The first-order chi connectivity index (χ1) is 9.57. The summed E-state index contributed by atoms with van der Waals surface area (Å²) in [4.78, 5) is 22.9. The Labute approximate surface area is 120 Å². The van der Waals surface area contributed by atoms with Gasteiger partial charge in [-0.1, -0.05) is 11.6 Å². The summed E-state index contributed by atoms with van der Waals surface area (Å²) in [5, 5.41) is 17.7. The molecule has 0 amide bonds. The summed E-state index contributed by atoms with van der Waals surface area (Å²) in [6.45, 7) is 1.13. The van der Waals surface area contributed by atoms with Gasteiger partial charge in [-0.3, -0.25) is 4.79 Å². The third-order valence-electron chi connectivity index (χ3n) is 3.19. The Hall–Kier alpha value is -1.96. The minimum atomic E-state index is -4.78. The van der Waals surface area contributed by atoms with Crippen molar-refractivity contribution in [3.05, 3.63) is 33.8 Å². The molecular weight excluding hydrogens is 317 g/mol. The topological polar surface area (TPSA) is 83.8 Å². The lowest BCUT2D eigenvalue weighted by atomic mass is 9.79. The van der Waals surface area contributed by atoms with E-state index in [2.05, 4.69) is 0 Å². The van der Waals surface area contributed by atoms with E-state index in [0.717, 1.165) is 13.2 Å². The summed E-state index contributed by atoms with van der Waals surface area (Å²) in [5.74, 6) is -6.49. The molecule has 21 heavy (non-hydrogen) atoms. The molecule has 1 aliphatic heterocycles. The predicted molar refractivity (Wildman–Crippen MR) is 63.4 cm³/mol. The molecule has 0 aromatic carbocycles. The maximum Gasteiger partial charge on any atom is 0.399 e. The monoisotopic (exact) mass is 324 g/mol. The number of hydrogen-bond acceptors (Lipinski definition) is 4. The Morgan fingerprint density at radius 1 is 1.43 bits per heavy atom. The van der Waals surface area contributed by atoms with Gasteiger partial charge in [-0.05, 0) is 6.92 Å². The Balaban J connectivity index is 2.74. The van der Waals surface area contributed by atoms with Crippen LogP contribution in [0, 0.1) is 5.92 Å². The minimum absolute atomic E-state index is 0.615. The molecule has 0 bridgehead atoms. The number of carbonyl (C=O) groups is 2. The normalized spacial score (nSPS) is 26.3. The zero-order valence-electron chi connectivity index (χ0n) is 10.4. The lowest BCUT2D eigenvalue weighted by molar-refractivity contribution is -0.188. The first-order valence-electron chi connectivity index (χ1n) is 5.61. The summed E-state index contributed by atoms with van der Waals surface area (Å²) in [6.07, 6.45) is -5.41. The average molecular weight is 325 g/mol. The number of Topliss-reactive ketones (excluding diaryl/α,β-unsaturated/α-hetero) is 1. The van der Waals surface area contributed by atoms with E-state index in [-0.39, 0.29) is 0 Å². The van der Waals surface area contributed by atoms with Gasteiger partial charge >= 0.3 is 12.1 Å². The molecule has 0 aromatic rings. The number of carboxylic acid groups (broad SMARTS) is 1. The second kappa shape index (κ2) is 4.80. The fraction of sp³-hybridized carbons (Fsp3) is 0.333. The van der Waals surface area contributed by atoms with Crippen molar-refractivity contribution in [2.45, 2.75) is 19.2 Å². The van der Waals surface area contributed by atoms with E-state index >= 15 is 0 Å². The molecule has 0 aromatic heterocycles. The average Bonchev–Trinajstić information content (AvgIpc) is 2.33. The largest absolute Gasteiger partial charge is 0.505 e. The molecule has 2 N–H and O–H groups in total. The van der Waals surface area contributed by atoms with Gasteiger partial charge in [0.2, 0.25) is 5.78 Å². The van der Waals surface area contributed by atoms with Crippen LogP contribution in [0.4, 0.5) is 13.2 Å². The number of hydrogen-bond donors (Lipinski definition) is 2. The Bertz CT molecular complexity index is 629. The number of allylic oxidation sites excluding steroid dienone is 2. The molecular formula is C12H8ClF3O5. The van der Waals surface area contributed by atoms with Crippen molar-refractivity contribution in [2.24, 2.45) is 5.92 Å². The van der Waals surface area contributed by atoms with Crippen molar-refractivity contribution in [3.63, 3.8) is 0 Å². The fourth-order valence-electron chi connectivity index (χ4n) is 2.26. The molecule has 0 saturated heterocycles. The number of fused-ring (bicyclic) bond motifs is 1. The fourth-order valence-corrected chi connectivity index (χ4v) is 2.57. The van der Waals surface area contributed by atoms with E-state index in [1.54, 1.807) is 0 Å². The summed E-state index contributed by atoms with van der Waals surface area (Å²) >= 11 is 5.67. The van der Waals surface area contributed by atoms with Crippen LogP contribution in [0.5, 0.6) is 0 Å². The van der Waals surface area contributed by atoms with Gasteiger partial charge in [-0.15, -0.1) is 0 Å². The lowest BCUT2D eigenvalue weighted by Gasteiger charge is -2.35. The molecule has 114 valence electrons. The van der Waals surface area contributed by atoms with Crippen LogP contribution in [0.3, 0.4) is 0 Å². The van der Waals surface area contributed by atoms with E-state index in [1.165, 1.54) is 0 Å². The lowest BCUT2D eigenvalue weighted by Crippen LogP contribution is -2.41. The van der Waals surface area contributed by atoms with Gasteiger partial charge in [0.05, 0.1) is 16.9 Å². The smallest absolute Gasteiger partial charge is 0.399 e. The Morgan fingerprint density at radius 2 is 2.00 bits per heavy atom. The highest BCUT2D eigenvalue weighted by atomic mass is 35.5. The maximum absolute atomic E-state index is 13.1. The van der Waals surface area contributed by atoms with Crippen LogP contribution >= 0.6 is 11.6 Å². The molecule has 1 aliphatic carbocycles. The third-order valence-corrected chi connectivity index (χ3v) is 3.57. The van der Waals surface area contributed by atoms with Gasteiger partial charge in [-0.2, -0.15) is 13.2 Å². The van der Waals surface area contributed by atoms with Gasteiger partial charge in [0.15, 0.2) is 11.3 Å². The van der Waals surface area contributed by atoms with Crippen molar-refractivity contribution < 1.29 is 37.7 Å². The number of alkyl halides is 3. The molecule has 9 heteroatoms. The van der Waals surface area contributed by atoms with E-state index in [4.69, 9.17) is 21.4 Å². The summed E-state index contributed by atoms with van der Waals surface area (Å²) in [6, 6.07) is 0. The quantitative estimate of drug-likeness (QED) is 0.724. The van der Waals surface area contributed by atoms with Crippen molar-refractivity contribution in [2.75, 3.05) is 0 Å². The number of aliphatic carboxylic acids is 1. The summed E-state index contributed by atoms with van der Waals surface area (Å²) in [5.41, 5.74) is -2.37. The van der Waals surface area contributed by atoms with Crippen LogP contribution in [-0.4, -0.2) is 34.2 Å². The van der Waals surface area contributed by atoms with Gasteiger partial charge in [-0.25, -0.2) is 4.79 Å². The third kappa shape index (κ3) is 2.29. The molecule has 2 unspecified atom stereocenters.